The normalized spacial score (nSPS) is 11.2. The average molecular weight is 449 g/mol. The highest BCUT2D eigenvalue weighted by Gasteiger charge is 2.16. The lowest BCUT2D eigenvalue weighted by Gasteiger charge is -2.14. The molecule has 0 unspecified atom stereocenters. The van der Waals surface area contributed by atoms with Crippen LogP contribution >= 0.6 is 11.6 Å². The number of halogens is 1. The van der Waals surface area contributed by atoms with Crippen molar-refractivity contribution in [3.05, 3.63) is 87.7 Å². The quantitative estimate of drug-likeness (QED) is 0.395. The molecule has 0 radical (unpaired) electrons. The third kappa shape index (κ3) is 4.05. The molecule has 3 aromatic carbocycles. The second-order valence-electron chi connectivity index (χ2n) is 6.93. The first-order chi connectivity index (χ1) is 15.5. The molecule has 0 saturated heterocycles. The summed E-state index contributed by atoms with van der Waals surface area (Å²) < 4.78 is 11.9. The standard InChI is InChI=1S/C25H21ClN2O4/c1-3-32-18-11-9-17(10-12-18)28-24(29)20-7-5-4-6-19(20)21(25(28)30)15-27-16-8-13-23(31-2)22(26)14-16/h4-15,30H,3H2,1-2H3. The van der Waals surface area contributed by atoms with E-state index in [0.717, 1.165) is 0 Å². The minimum absolute atomic E-state index is 0.207. The van der Waals surface area contributed by atoms with Gasteiger partial charge >= 0.3 is 0 Å². The zero-order valence-electron chi connectivity index (χ0n) is 17.6. The summed E-state index contributed by atoms with van der Waals surface area (Å²) in [5.74, 6) is 1.02. The number of aromatic nitrogens is 1. The summed E-state index contributed by atoms with van der Waals surface area (Å²) in [6.07, 6.45) is 1.53. The predicted octanol–water partition coefficient (Wildman–Crippen LogP) is 5.51. The third-order valence-electron chi connectivity index (χ3n) is 4.99. The van der Waals surface area contributed by atoms with Gasteiger partial charge in [0, 0.05) is 17.0 Å². The van der Waals surface area contributed by atoms with E-state index in [9.17, 15) is 9.90 Å². The highest BCUT2D eigenvalue weighted by atomic mass is 35.5. The summed E-state index contributed by atoms with van der Waals surface area (Å²) in [7, 11) is 1.54. The Kier molecular flexibility index (Phi) is 6.14. The van der Waals surface area contributed by atoms with Gasteiger partial charge in [-0.05, 0) is 55.5 Å². The van der Waals surface area contributed by atoms with Crippen LogP contribution in [0, 0.1) is 0 Å². The molecule has 0 atom stereocenters. The molecule has 1 aromatic heterocycles. The number of aromatic hydroxyl groups is 1. The summed E-state index contributed by atoms with van der Waals surface area (Å²) in [4.78, 5) is 17.7. The van der Waals surface area contributed by atoms with Gasteiger partial charge in [0.25, 0.3) is 5.56 Å². The van der Waals surface area contributed by atoms with Crippen molar-refractivity contribution in [3.8, 4) is 23.1 Å². The van der Waals surface area contributed by atoms with E-state index in [0.29, 0.717) is 50.8 Å². The van der Waals surface area contributed by atoms with E-state index >= 15 is 0 Å². The van der Waals surface area contributed by atoms with Gasteiger partial charge in [0.15, 0.2) is 0 Å². The monoisotopic (exact) mass is 448 g/mol. The summed E-state index contributed by atoms with van der Waals surface area (Å²) >= 11 is 6.19. The number of methoxy groups -OCH3 is 1. The molecular weight excluding hydrogens is 428 g/mol. The highest BCUT2D eigenvalue weighted by molar-refractivity contribution is 6.32. The van der Waals surface area contributed by atoms with E-state index in [1.807, 2.05) is 13.0 Å². The van der Waals surface area contributed by atoms with Crippen molar-refractivity contribution in [2.24, 2.45) is 4.99 Å². The van der Waals surface area contributed by atoms with E-state index in [-0.39, 0.29) is 11.4 Å². The van der Waals surface area contributed by atoms with Crippen molar-refractivity contribution in [2.75, 3.05) is 13.7 Å². The SMILES string of the molecule is CCOc1ccc(-n2c(O)c(C=Nc3ccc(OC)c(Cl)c3)c3ccccc3c2=O)cc1. The molecular formula is C25H21ClN2O4. The Balaban J connectivity index is 1.87. The Bertz CT molecular complexity index is 1360. The van der Waals surface area contributed by atoms with Crippen LogP contribution in [0.4, 0.5) is 5.69 Å². The van der Waals surface area contributed by atoms with Crippen LogP contribution in [0.15, 0.2) is 76.5 Å². The number of hydrogen-bond donors (Lipinski definition) is 1. The Morgan fingerprint density at radius 3 is 2.44 bits per heavy atom. The number of aliphatic imine (C=N–C) groups is 1. The van der Waals surface area contributed by atoms with Gasteiger partial charge in [-0.1, -0.05) is 29.8 Å². The first-order valence-electron chi connectivity index (χ1n) is 10.0. The number of benzene rings is 3. The Hall–Kier alpha value is -3.77. The number of pyridine rings is 1. The molecule has 0 amide bonds. The molecule has 7 heteroatoms. The first-order valence-corrected chi connectivity index (χ1v) is 10.4. The molecule has 0 spiro atoms. The van der Waals surface area contributed by atoms with E-state index in [4.69, 9.17) is 21.1 Å². The van der Waals surface area contributed by atoms with Gasteiger partial charge < -0.3 is 14.6 Å². The van der Waals surface area contributed by atoms with Crippen LogP contribution in [0.1, 0.15) is 12.5 Å². The summed E-state index contributed by atoms with van der Waals surface area (Å²) in [6.45, 7) is 2.44. The molecule has 4 aromatic rings. The molecule has 162 valence electrons. The maximum absolute atomic E-state index is 13.2. The number of ether oxygens (including phenoxy) is 2. The van der Waals surface area contributed by atoms with Gasteiger partial charge in [-0.15, -0.1) is 0 Å². The van der Waals surface area contributed by atoms with Gasteiger partial charge in [-0.2, -0.15) is 0 Å². The summed E-state index contributed by atoms with van der Waals surface area (Å²) in [5.41, 5.74) is 1.19. The number of hydrogen-bond acceptors (Lipinski definition) is 5. The zero-order chi connectivity index (χ0) is 22.7. The van der Waals surface area contributed by atoms with Crippen molar-refractivity contribution in [1.82, 2.24) is 4.57 Å². The van der Waals surface area contributed by atoms with Crippen LogP contribution in [0.25, 0.3) is 16.5 Å². The fourth-order valence-corrected chi connectivity index (χ4v) is 3.71. The average Bonchev–Trinajstić information content (AvgIpc) is 2.80. The first kappa shape index (κ1) is 21.5. The lowest BCUT2D eigenvalue weighted by atomic mass is 10.1. The molecule has 4 rings (SSSR count). The molecule has 0 aliphatic carbocycles. The molecule has 0 saturated carbocycles. The molecule has 32 heavy (non-hydrogen) atoms. The van der Waals surface area contributed by atoms with Gasteiger partial charge in [0.2, 0.25) is 5.88 Å². The Morgan fingerprint density at radius 1 is 1.06 bits per heavy atom. The highest BCUT2D eigenvalue weighted by Crippen LogP contribution is 2.30. The van der Waals surface area contributed by atoms with Crippen molar-refractivity contribution in [1.29, 1.82) is 0 Å². The molecule has 1 N–H and O–H groups in total. The van der Waals surface area contributed by atoms with Crippen LogP contribution in [-0.4, -0.2) is 29.6 Å². The number of fused-ring (bicyclic) bond motifs is 1. The van der Waals surface area contributed by atoms with E-state index in [1.165, 1.54) is 10.8 Å². The van der Waals surface area contributed by atoms with E-state index in [2.05, 4.69) is 4.99 Å². The van der Waals surface area contributed by atoms with E-state index < -0.39 is 0 Å². The zero-order valence-corrected chi connectivity index (χ0v) is 18.3. The maximum atomic E-state index is 13.2. The van der Waals surface area contributed by atoms with Gasteiger partial charge in [-0.3, -0.25) is 9.79 Å². The van der Waals surface area contributed by atoms with Gasteiger partial charge in [0.05, 0.1) is 35.7 Å². The van der Waals surface area contributed by atoms with Crippen molar-refractivity contribution >= 4 is 34.3 Å². The fraction of sp³-hybridized carbons (Fsp3) is 0.120. The molecule has 1 heterocycles. The van der Waals surface area contributed by atoms with Crippen molar-refractivity contribution < 1.29 is 14.6 Å². The maximum Gasteiger partial charge on any atom is 0.265 e. The molecule has 0 bridgehead atoms. The van der Waals surface area contributed by atoms with Gasteiger partial charge in [-0.25, -0.2) is 4.57 Å². The summed E-state index contributed by atoms with van der Waals surface area (Å²) in [5, 5.41) is 12.6. The Morgan fingerprint density at radius 2 is 1.78 bits per heavy atom. The van der Waals surface area contributed by atoms with Crippen LogP contribution in [0.3, 0.4) is 0 Å². The van der Waals surface area contributed by atoms with Gasteiger partial charge in [0.1, 0.15) is 11.5 Å². The lowest BCUT2D eigenvalue weighted by Crippen LogP contribution is -2.20. The van der Waals surface area contributed by atoms with Crippen LogP contribution in [0.2, 0.25) is 5.02 Å². The fourth-order valence-electron chi connectivity index (χ4n) is 3.46. The lowest BCUT2D eigenvalue weighted by molar-refractivity contribution is 0.340. The number of nitrogens with zero attached hydrogens (tertiary/aromatic N) is 2. The number of rotatable bonds is 6. The molecule has 0 aliphatic rings. The topological polar surface area (TPSA) is 73.1 Å². The second kappa shape index (κ2) is 9.16. The molecule has 0 fully saturated rings. The van der Waals surface area contributed by atoms with Crippen LogP contribution in [0.5, 0.6) is 17.4 Å². The molecule has 0 aliphatic heterocycles. The molecule has 6 nitrogen and oxygen atoms in total. The summed E-state index contributed by atoms with van der Waals surface area (Å²) in [6, 6.07) is 19.2. The van der Waals surface area contributed by atoms with Crippen molar-refractivity contribution in [2.45, 2.75) is 6.92 Å². The second-order valence-corrected chi connectivity index (χ2v) is 7.33. The van der Waals surface area contributed by atoms with E-state index in [1.54, 1.807) is 67.8 Å². The van der Waals surface area contributed by atoms with Crippen LogP contribution in [-0.2, 0) is 0 Å². The largest absolute Gasteiger partial charge is 0.495 e. The minimum atomic E-state index is -0.327. The van der Waals surface area contributed by atoms with Crippen molar-refractivity contribution in [3.63, 3.8) is 0 Å². The Labute approximate surface area is 189 Å². The smallest absolute Gasteiger partial charge is 0.265 e. The predicted molar refractivity (Wildman–Crippen MR) is 128 cm³/mol. The van der Waals surface area contributed by atoms with Crippen LogP contribution < -0.4 is 15.0 Å². The third-order valence-corrected chi connectivity index (χ3v) is 5.28. The minimum Gasteiger partial charge on any atom is -0.495 e.